The summed E-state index contributed by atoms with van der Waals surface area (Å²) in [6.07, 6.45) is 1.33. The van der Waals surface area contributed by atoms with Gasteiger partial charge in [-0.3, -0.25) is 19.7 Å². The number of carbonyl (C=O) groups is 3. The van der Waals surface area contributed by atoms with Crippen molar-refractivity contribution >= 4 is 23.5 Å². The van der Waals surface area contributed by atoms with Crippen molar-refractivity contribution in [1.82, 2.24) is 4.90 Å². The van der Waals surface area contributed by atoms with Gasteiger partial charge in [-0.1, -0.05) is 18.2 Å². The molecule has 0 radical (unpaired) electrons. The Bertz CT molecular complexity index is 943. The second-order valence-electron chi connectivity index (χ2n) is 5.66. The van der Waals surface area contributed by atoms with Crippen LogP contribution in [0.4, 0.5) is 5.69 Å². The van der Waals surface area contributed by atoms with Crippen molar-refractivity contribution in [3.63, 3.8) is 0 Å². The first-order valence-electron chi connectivity index (χ1n) is 7.98. The highest BCUT2D eigenvalue weighted by Crippen LogP contribution is 2.26. The van der Waals surface area contributed by atoms with Gasteiger partial charge < -0.3 is 4.74 Å². The molecule has 1 aliphatic heterocycles. The van der Waals surface area contributed by atoms with Crippen LogP contribution in [0.3, 0.4) is 0 Å². The molecule has 0 unspecified atom stereocenters. The van der Waals surface area contributed by atoms with Crippen molar-refractivity contribution in [3.05, 3.63) is 87.1 Å². The molecule has 0 bridgehead atoms. The maximum absolute atomic E-state index is 12.5. The molecule has 136 valence electrons. The standard InChI is InChI=1S/C19H14N2O6/c1-2-16(20-17(22)14-5-3-4-6-15(14)18(20)23)19(24)27-11-12-7-9-13(10-8-12)21(25)26/h2-10H,11H2,1H3/b16-2-. The lowest BCUT2D eigenvalue weighted by molar-refractivity contribution is -0.384. The number of nitrogens with zero attached hydrogens (tertiary/aromatic N) is 2. The van der Waals surface area contributed by atoms with Crippen molar-refractivity contribution in [1.29, 1.82) is 0 Å². The maximum Gasteiger partial charge on any atom is 0.355 e. The van der Waals surface area contributed by atoms with Crippen LogP contribution in [-0.2, 0) is 16.1 Å². The number of carbonyl (C=O) groups excluding carboxylic acids is 3. The molecule has 0 aliphatic carbocycles. The van der Waals surface area contributed by atoms with E-state index in [0.29, 0.717) is 5.56 Å². The molecule has 0 saturated carbocycles. The summed E-state index contributed by atoms with van der Waals surface area (Å²) in [5.74, 6) is -2.02. The number of nitro groups is 1. The van der Waals surface area contributed by atoms with Crippen LogP contribution in [0.1, 0.15) is 33.2 Å². The molecule has 0 saturated heterocycles. The van der Waals surface area contributed by atoms with Gasteiger partial charge in [-0.15, -0.1) is 0 Å². The largest absolute Gasteiger partial charge is 0.456 e. The number of amides is 2. The molecule has 0 N–H and O–H groups in total. The molecule has 1 aliphatic rings. The Morgan fingerprint density at radius 1 is 1.07 bits per heavy atom. The first-order chi connectivity index (χ1) is 12.9. The van der Waals surface area contributed by atoms with Gasteiger partial charge >= 0.3 is 5.97 Å². The number of imide groups is 1. The van der Waals surface area contributed by atoms with E-state index in [1.165, 1.54) is 49.4 Å². The molecular weight excluding hydrogens is 352 g/mol. The summed E-state index contributed by atoms with van der Waals surface area (Å²) >= 11 is 0. The second-order valence-corrected chi connectivity index (χ2v) is 5.66. The number of hydrogen-bond acceptors (Lipinski definition) is 6. The maximum atomic E-state index is 12.5. The van der Waals surface area contributed by atoms with Gasteiger partial charge in [0.1, 0.15) is 12.3 Å². The van der Waals surface area contributed by atoms with Gasteiger partial charge in [0.05, 0.1) is 16.1 Å². The minimum Gasteiger partial charge on any atom is -0.456 e. The quantitative estimate of drug-likeness (QED) is 0.265. The summed E-state index contributed by atoms with van der Waals surface area (Å²) in [5, 5.41) is 10.7. The molecule has 0 atom stereocenters. The molecule has 2 aromatic rings. The van der Waals surface area contributed by atoms with E-state index >= 15 is 0 Å². The third kappa shape index (κ3) is 3.32. The molecule has 0 aromatic heterocycles. The fraction of sp³-hybridized carbons (Fsp3) is 0.105. The lowest BCUT2D eigenvalue weighted by Gasteiger charge is -2.16. The van der Waals surface area contributed by atoms with E-state index in [1.54, 1.807) is 12.1 Å². The lowest BCUT2D eigenvalue weighted by atomic mass is 10.1. The summed E-state index contributed by atoms with van der Waals surface area (Å²) in [6, 6.07) is 11.8. The number of hydrogen-bond donors (Lipinski definition) is 0. The van der Waals surface area contributed by atoms with E-state index in [1.807, 2.05) is 0 Å². The Kier molecular flexibility index (Phi) is 4.80. The average molecular weight is 366 g/mol. The Morgan fingerprint density at radius 3 is 2.11 bits per heavy atom. The van der Waals surface area contributed by atoms with Gasteiger partial charge in [-0.05, 0) is 36.8 Å². The van der Waals surface area contributed by atoms with Crippen molar-refractivity contribution in [2.75, 3.05) is 0 Å². The third-order valence-electron chi connectivity index (χ3n) is 4.03. The highest BCUT2D eigenvalue weighted by atomic mass is 16.6. The van der Waals surface area contributed by atoms with E-state index < -0.39 is 22.7 Å². The van der Waals surface area contributed by atoms with Crippen LogP contribution in [0.5, 0.6) is 0 Å². The number of benzene rings is 2. The summed E-state index contributed by atoms with van der Waals surface area (Å²) in [5.41, 5.74) is 0.732. The Balaban J connectivity index is 1.73. The molecule has 2 aromatic carbocycles. The number of esters is 1. The molecule has 1 heterocycles. The highest BCUT2D eigenvalue weighted by molar-refractivity contribution is 6.24. The third-order valence-corrected chi connectivity index (χ3v) is 4.03. The topological polar surface area (TPSA) is 107 Å². The minimum absolute atomic E-state index is 0.0785. The van der Waals surface area contributed by atoms with Crippen LogP contribution in [0.2, 0.25) is 0 Å². The van der Waals surface area contributed by atoms with Gasteiger partial charge in [0, 0.05) is 12.1 Å². The molecule has 8 nitrogen and oxygen atoms in total. The van der Waals surface area contributed by atoms with Gasteiger partial charge in [0.2, 0.25) is 0 Å². The van der Waals surface area contributed by atoms with Gasteiger partial charge in [0.25, 0.3) is 17.5 Å². The van der Waals surface area contributed by atoms with Crippen molar-refractivity contribution < 1.29 is 24.0 Å². The monoisotopic (exact) mass is 366 g/mol. The number of ether oxygens (including phenoxy) is 1. The van der Waals surface area contributed by atoms with Crippen LogP contribution < -0.4 is 0 Å². The second kappa shape index (κ2) is 7.20. The van der Waals surface area contributed by atoms with Crippen molar-refractivity contribution in [2.45, 2.75) is 13.5 Å². The molecule has 2 amide bonds. The van der Waals surface area contributed by atoms with Gasteiger partial charge in [-0.25, -0.2) is 9.69 Å². The van der Waals surface area contributed by atoms with Crippen molar-refractivity contribution in [2.24, 2.45) is 0 Å². The minimum atomic E-state index is -0.842. The van der Waals surface area contributed by atoms with E-state index in [9.17, 15) is 24.5 Å². The Hall–Kier alpha value is -3.81. The predicted octanol–water partition coefficient (Wildman–Crippen LogP) is 2.84. The van der Waals surface area contributed by atoms with Gasteiger partial charge in [0.15, 0.2) is 0 Å². The SMILES string of the molecule is C/C=C(/C(=O)OCc1ccc([N+](=O)[O-])cc1)N1C(=O)c2ccccc2C1=O. The molecule has 27 heavy (non-hydrogen) atoms. The molecule has 8 heteroatoms. The lowest BCUT2D eigenvalue weighted by Crippen LogP contribution is -2.33. The molecule has 0 fully saturated rings. The fourth-order valence-electron chi connectivity index (χ4n) is 2.68. The zero-order chi connectivity index (χ0) is 19.6. The Labute approximate surface area is 153 Å². The fourth-order valence-corrected chi connectivity index (χ4v) is 2.68. The first-order valence-corrected chi connectivity index (χ1v) is 7.98. The zero-order valence-corrected chi connectivity index (χ0v) is 14.2. The number of rotatable bonds is 5. The molecule has 3 rings (SSSR count). The normalized spacial score (nSPS) is 13.5. The van der Waals surface area contributed by atoms with Crippen LogP contribution in [0, 0.1) is 10.1 Å². The van der Waals surface area contributed by atoms with E-state index in [0.717, 1.165) is 4.90 Å². The van der Waals surface area contributed by atoms with Crippen LogP contribution in [-0.4, -0.2) is 27.6 Å². The number of nitro benzene ring substituents is 1. The van der Waals surface area contributed by atoms with Crippen molar-refractivity contribution in [3.8, 4) is 0 Å². The smallest absolute Gasteiger partial charge is 0.355 e. The zero-order valence-electron chi connectivity index (χ0n) is 14.2. The van der Waals surface area contributed by atoms with Crippen LogP contribution in [0.15, 0.2) is 60.3 Å². The Morgan fingerprint density at radius 2 is 1.63 bits per heavy atom. The predicted molar refractivity (Wildman–Crippen MR) is 93.6 cm³/mol. The van der Waals surface area contributed by atoms with Crippen LogP contribution >= 0.6 is 0 Å². The number of fused-ring (bicyclic) bond motifs is 1. The molecular formula is C19H14N2O6. The summed E-state index contributed by atoms with van der Waals surface area (Å²) < 4.78 is 5.17. The number of allylic oxidation sites excluding steroid dienone is 1. The van der Waals surface area contributed by atoms with E-state index in [-0.39, 0.29) is 29.1 Å². The average Bonchev–Trinajstić information content (AvgIpc) is 2.93. The summed E-state index contributed by atoms with van der Waals surface area (Å²) in [4.78, 5) is 48.3. The van der Waals surface area contributed by atoms with E-state index in [4.69, 9.17) is 4.74 Å². The summed E-state index contributed by atoms with van der Waals surface area (Å²) in [7, 11) is 0. The first kappa shape index (κ1) is 18.0. The summed E-state index contributed by atoms with van der Waals surface area (Å²) in [6.45, 7) is 1.36. The van der Waals surface area contributed by atoms with E-state index in [2.05, 4.69) is 0 Å². The van der Waals surface area contributed by atoms with Crippen LogP contribution in [0.25, 0.3) is 0 Å². The molecule has 0 spiro atoms. The highest BCUT2D eigenvalue weighted by Gasteiger charge is 2.39. The number of non-ortho nitro benzene ring substituents is 1. The van der Waals surface area contributed by atoms with Gasteiger partial charge in [-0.2, -0.15) is 0 Å².